The number of ether oxygens (including phenoxy) is 1. The Labute approximate surface area is 140 Å². The molecular formula is C18H21NO3S. The van der Waals surface area contributed by atoms with Crippen LogP contribution in [0.4, 0.5) is 0 Å². The third kappa shape index (κ3) is 5.53. The maximum atomic E-state index is 11.9. The second-order valence-corrected chi connectivity index (χ2v) is 6.56. The predicted molar refractivity (Wildman–Crippen MR) is 91.8 cm³/mol. The van der Waals surface area contributed by atoms with Gasteiger partial charge in [0.1, 0.15) is 0 Å². The van der Waals surface area contributed by atoms with Gasteiger partial charge in [0.05, 0.1) is 5.56 Å². The predicted octanol–water partition coefficient (Wildman–Crippen LogP) is 3.39. The van der Waals surface area contributed by atoms with Crippen LogP contribution in [-0.2, 0) is 16.0 Å². The van der Waals surface area contributed by atoms with E-state index in [1.807, 2.05) is 29.6 Å². The SMILES string of the molecule is CC(C)c1ccc(C(=O)OCC(=O)NCCc2cccs2)cc1. The van der Waals surface area contributed by atoms with Gasteiger partial charge in [-0.15, -0.1) is 11.3 Å². The molecule has 0 unspecified atom stereocenters. The maximum absolute atomic E-state index is 11.9. The van der Waals surface area contributed by atoms with Crippen LogP contribution in [0.15, 0.2) is 41.8 Å². The molecule has 23 heavy (non-hydrogen) atoms. The molecule has 1 amide bonds. The van der Waals surface area contributed by atoms with Crippen molar-refractivity contribution in [1.82, 2.24) is 5.32 Å². The van der Waals surface area contributed by atoms with Gasteiger partial charge in [-0.1, -0.05) is 32.0 Å². The summed E-state index contributed by atoms with van der Waals surface area (Å²) in [6, 6.07) is 11.3. The van der Waals surface area contributed by atoms with E-state index in [2.05, 4.69) is 19.2 Å². The minimum Gasteiger partial charge on any atom is -0.452 e. The first-order chi connectivity index (χ1) is 11.1. The molecule has 0 saturated heterocycles. The monoisotopic (exact) mass is 331 g/mol. The lowest BCUT2D eigenvalue weighted by Crippen LogP contribution is -2.30. The van der Waals surface area contributed by atoms with Crippen molar-refractivity contribution in [1.29, 1.82) is 0 Å². The smallest absolute Gasteiger partial charge is 0.338 e. The van der Waals surface area contributed by atoms with Crippen LogP contribution in [0, 0.1) is 0 Å². The quantitative estimate of drug-likeness (QED) is 0.791. The van der Waals surface area contributed by atoms with Crippen LogP contribution in [0.3, 0.4) is 0 Å². The van der Waals surface area contributed by atoms with Crippen LogP contribution in [0.1, 0.15) is 40.6 Å². The van der Waals surface area contributed by atoms with Gasteiger partial charge < -0.3 is 10.1 Å². The highest BCUT2D eigenvalue weighted by atomic mass is 32.1. The minimum atomic E-state index is -0.478. The van der Waals surface area contributed by atoms with E-state index in [1.54, 1.807) is 23.5 Å². The summed E-state index contributed by atoms with van der Waals surface area (Å²) >= 11 is 1.66. The fraction of sp³-hybridized carbons (Fsp3) is 0.333. The number of rotatable bonds is 7. The van der Waals surface area contributed by atoms with Gasteiger partial charge in [-0.05, 0) is 41.5 Å². The lowest BCUT2D eigenvalue weighted by molar-refractivity contribution is -0.124. The van der Waals surface area contributed by atoms with E-state index < -0.39 is 5.97 Å². The molecule has 1 heterocycles. The van der Waals surface area contributed by atoms with Crippen molar-refractivity contribution in [2.24, 2.45) is 0 Å². The van der Waals surface area contributed by atoms with E-state index in [4.69, 9.17) is 4.74 Å². The molecule has 122 valence electrons. The van der Waals surface area contributed by atoms with Crippen LogP contribution in [-0.4, -0.2) is 25.0 Å². The van der Waals surface area contributed by atoms with Gasteiger partial charge in [-0.3, -0.25) is 4.79 Å². The molecule has 2 aromatic rings. The number of amides is 1. The fourth-order valence-electron chi connectivity index (χ4n) is 2.05. The molecule has 0 fully saturated rings. The zero-order chi connectivity index (χ0) is 16.7. The molecule has 0 atom stereocenters. The molecular weight excluding hydrogens is 310 g/mol. The molecule has 0 aliphatic rings. The zero-order valence-corrected chi connectivity index (χ0v) is 14.2. The summed E-state index contributed by atoms with van der Waals surface area (Å²) in [5, 5.41) is 4.75. The average molecular weight is 331 g/mol. The van der Waals surface area contributed by atoms with Gasteiger partial charge in [0, 0.05) is 11.4 Å². The molecule has 1 N–H and O–H groups in total. The van der Waals surface area contributed by atoms with Gasteiger partial charge in [0.25, 0.3) is 5.91 Å². The van der Waals surface area contributed by atoms with E-state index in [1.165, 1.54) is 4.88 Å². The Morgan fingerprint density at radius 1 is 1.17 bits per heavy atom. The number of hydrogen-bond acceptors (Lipinski definition) is 4. The molecule has 0 bridgehead atoms. The molecule has 2 rings (SSSR count). The number of hydrogen-bond donors (Lipinski definition) is 1. The van der Waals surface area contributed by atoms with Crippen molar-refractivity contribution in [3.63, 3.8) is 0 Å². The highest BCUT2D eigenvalue weighted by Crippen LogP contribution is 2.15. The van der Waals surface area contributed by atoms with Crippen LogP contribution < -0.4 is 5.32 Å². The molecule has 1 aromatic carbocycles. The molecule has 1 aromatic heterocycles. The van der Waals surface area contributed by atoms with E-state index in [0.717, 1.165) is 12.0 Å². The summed E-state index contributed by atoms with van der Waals surface area (Å²) in [6.45, 7) is 4.47. The number of thiophene rings is 1. The largest absolute Gasteiger partial charge is 0.452 e. The van der Waals surface area contributed by atoms with Crippen molar-refractivity contribution < 1.29 is 14.3 Å². The van der Waals surface area contributed by atoms with Crippen LogP contribution in [0.5, 0.6) is 0 Å². The topological polar surface area (TPSA) is 55.4 Å². The normalized spacial score (nSPS) is 10.6. The molecule has 0 aliphatic heterocycles. The van der Waals surface area contributed by atoms with Crippen LogP contribution >= 0.6 is 11.3 Å². The van der Waals surface area contributed by atoms with Gasteiger partial charge in [-0.2, -0.15) is 0 Å². The van der Waals surface area contributed by atoms with E-state index in [0.29, 0.717) is 18.0 Å². The summed E-state index contributed by atoms with van der Waals surface area (Å²) in [5.41, 5.74) is 1.62. The Morgan fingerprint density at radius 3 is 2.52 bits per heavy atom. The minimum absolute atomic E-state index is 0.255. The van der Waals surface area contributed by atoms with E-state index in [-0.39, 0.29) is 12.5 Å². The van der Waals surface area contributed by atoms with Crippen molar-refractivity contribution in [2.45, 2.75) is 26.2 Å². The van der Waals surface area contributed by atoms with Crippen LogP contribution in [0.25, 0.3) is 0 Å². The van der Waals surface area contributed by atoms with Gasteiger partial charge >= 0.3 is 5.97 Å². The molecule has 5 heteroatoms. The first-order valence-electron chi connectivity index (χ1n) is 7.62. The Hall–Kier alpha value is -2.14. The molecule has 0 aliphatic carbocycles. The highest BCUT2D eigenvalue weighted by Gasteiger charge is 2.10. The zero-order valence-electron chi connectivity index (χ0n) is 13.4. The van der Waals surface area contributed by atoms with E-state index >= 15 is 0 Å². The number of esters is 1. The second kappa shape index (κ2) is 8.48. The third-order valence-corrected chi connectivity index (χ3v) is 4.36. The third-order valence-electron chi connectivity index (χ3n) is 3.42. The number of benzene rings is 1. The number of carbonyl (C=O) groups is 2. The Morgan fingerprint density at radius 2 is 1.91 bits per heavy atom. The average Bonchev–Trinajstić information content (AvgIpc) is 3.06. The summed E-state index contributed by atoms with van der Waals surface area (Å²) in [5.74, 6) is -0.350. The van der Waals surface area contributed by atoms with Crippen molar-refractivity contribution >= 4 is 23.2 Å². The standard InChI is InChI=1S/C18H21NO3S/c1-13(2)14-5-7-15(8-6-14)18(21)22-12-17(20)19-10-9-16-4-3-11-23-16/h3-8,11,13H,9-10,12H2,1-2H3,(H,19,20). The van der Waals surface area contributed by atoms with Crippen molar-refractivity contribution in [3.05, 3.63) is 57.8 Å². The number of nitrogens with one attached hydrogen (secondary N) is 1. The highest BCUT2D eigenvalue weighted by molar-refractivity contribution is 7.09. The van der Waals surface area contributed by atoms with Crippen molar-refractivity contribution in [3.8, 4) is 0 Å². The molecule has 0 spiro atoms. The van der Waals surface area contributed by atoms with Crippen LogP contribution in [0.2, 0.25) is 0 Å². The van der Waals surface area contributed by atoms with Gasteiger partial charge in [0.15, 0.2) is 6.61 Å². The second-order valence-electron chi connectivity index (χ2n) is 5.53. The van der Waals surface area contributed by atoms with Gasteiger partial charge in [0.2, 0.25) is 0 Å². The molecule has 4 nitrogen and oxygen atoms in total. The van der Waals surface area contributed by atoms with Gasteiger partial charge in [-0.25, -0.2) is 4.79 Å². The summed E-state index contributed by atoms with van der Waals surface area (Å²) in [7, 11) is 0. The number of carbonyl (C=O) groups excluding carboxylic acids is 2. The van der Waals surface area contributed by atoms with Crippen molar-refractivity contribution in [2.75, 3.05) is 13.2 Å². The Balaban J connectivity index is 1.71. The fourth-order valence-corrected chi connectivity index (χ4v) is 2.76. The Kier molecular flexibility index (Phi) is 6.35. The summed E-state index contributed by atoms with van der Waals surface area (Å²) in [6.07, 6.45) is 0.786. The molecule has 0 radical (unpaired) electrons. The maximum Gasteiger partial charge on any atom is 0.338 e. The first-order valence-corrected chi connectivity index (χ1v) is 8.50. The molecule has 0 saturated carbocycles. The first kappa shape index (κ1) is 17.2. The van der Waals surface area contributed by atoms with E-state index in [9.17, 15) is 9.59 Å². The Bertz CT molecular complexity index is 633. The summed E-state index contributed by atoms with van der Waals surface area (Å²) in [4.78, 5) is 24.8. The lowest BCUT2D eigenvalue weighted by Gasteiger charge is -2.08. The summed E-state index contributed by atoms with van der Waals surface area (Å²) < 4.78 is 5.03. The lowest BCUT2D eigenvalue weighted by atomic mass is 10.0.